The van der Waals surface area contributed by atoms with E-state index in [1.165, 1.54) is 18.2 Å². The zero-order valence-corrected chi connectivity index (χ0v) is 24.7. The predicted octanol–water partition coefficient (Wildman–Crippen LogP) is 4.77. The van der Waals surface area contributed by atoms with E-state index in [-0.39, 0.29) is 36.8 Å². The average Bonchev–Trinajstić information content (AvgIpc) is 3.08. The van der Waals surface area contributed by atoms with E-state index in [0.29, 0.717) is 0 Å². The van der Waals surface area contributed by atoms with Crippen LogP contribution in [0.1, 0.15) is 27.0 Å². The minimum Gasteiger partial charge on any atom is -0.457 e. The van der Waals surface area contributed by atoms with Gasteiger partial charge in [0.2, 0.25) is 11.8 Å². The second-order valence-corrected chi connectivity index (χ2v) is 9.79. The fourth-order valence-corrected chi connectivity index (χ4v) is 3.96. The van der Waals surface area contributed by atoms with Crippen molar-refractivity contribution in [3.05, 3.63) is 131 Å². The molecule has 0 aromatic heterocycles. The molecule has 12 heteroatoms. The standard InChI is InChI=1S/C34H32N4O8/c39-30(19-35-33(42)45-22-25-12-6-2-7-13-25)37-28-16-27(32(41)44-21-24-10-4-1-5-11-24)17-29(18-28)38-31(40)20-36-34(43)46-23-26-14-8-3-9-15-26/h1-18H,19-23H2,(H,35,42)(H,36,43)(H,37,39)(H,38,40). The smallest absolute Gasteiger partial charge is 0.407 e. The third-order valence-electron chi connectivity index (χ3n) is 6.16. The molecule has 0 aliphatic carbocycles. The van der Waals surface area contributed by atoms with E-state index >= 15 is 0 Å². The molecule has 4 aromatic carbocycles. The van der Waals surface area contributed by atoms with Gasteiger partial charge in [-0.3, -0.25) is 9.59 Å². The van der Waals surface area contributed by atoms with Crippen LogP contribution in [0.3, 0.4) is 0 Å². The Kier molecular flexibility index (Phi) is 12.2. The van der Waals surface area contributed by atoms with Crippen molar-refractivity contribution in [1.29, 1.82) is 0 Å². The van der Waals surface area contributed by atoms with Crippen LogP contribution in [0.25, 0.3) is 0 Å². The largest absolute Gasteiger partial charge is 0.457 e. The number of ether oxygens (including phenoxy) is 3. The average molecular weight is 625 g/mol. The van der Waals surface area contributed by atoms with Gasteiger partial charge in [-0.1, -0.05) is 91.0 Å². The van der Waals surface area contributed by atoms with Crippen LogP contribution in [0.5, 0.6) is 0 Å². The molecule has 4 rings (SSSR count). The van der Waals surface area contributed by atoms with Crippen LogP contribution in [0, 0.1) is 0 Å². The minimum atomic E-state index is -0.792. The lowest BCUT2D eigenvalue weighted by molar-refractivity contribution is -0.116. The number of nitrogens with one attached hydrogen (secondary N) is 4. The molecule has 0 fully saturated rings. The summed E-state index contributed by atoms with van der Waals surface area (Å²) in [6, 6.07) is 31.3. The molecule has 0 radical (unpaired) electrons. The van der Waals surface area contributed by atoms with Crippen molar-refractivity contribution in [2.24, 2.45) is 0 Å². The molecule has 0 heterocycles. The van der Waals surface area contributed by atoms with Gasteiger partial charge in [0, 0.05) is 11.4 Å². The topological polar surface area (TPSA) is 161 Å². The Hall–Kier alpha value is -6.17. The summed E-state index contributed by atoms with van der Waals surface area (Å²) in [6.45, 7) is -0.782. The van der Waals surface area contributed by atoms with E-state index in [4.69, 9.17) is 14.2 Å². The summed E-state index contributed by atoms with van der Waals surface area (Å²) in [5.41, 5.74) is 2.66. The van der Waals surface area contributed by atoms with Crippen molar-refractivity contribution in [1.82, 2.24) is 10.6 Å². The Bertz CT molecular complexity index is 1540. The van der Waals surface area contributed by atoms with Gasteiger partial charge in [-0.2, -0.15) is 0 Å². The zero-order chi connectivity index (χ0) is 32.6. The lowest BCUT2D eigenvalue weighted by atomic mass is 10.1. The number of carbonyl (C=O) groups is 5. The molecule has 236 valence electrons. The number of hydrogen-bond acceptors (Lipinski definition) is 8. The quantitative estimate of drug-likeness (QED) is 0.122. The summed E-state index contributed by atoms with van der Waals surface area (Å²) in [4.78, 5) is 62.2. The first-order valence-corrected chi connectivity index (χ1v) is 14.2. The normalized spacial score (nSPS) is 10.2. The van der Waals surface area contributed by atoms with E-state index < -0.39 is 43.1 Å². The molecular formula is C34H32N4O8. The molecule has 4 aromatic rings. The number of anilines is 2. The van der Waals surface area contributed by atoms with Gasteiger partial charge in [0.1, 0.15) is 32.9 Å². The molecule has 0 aliphatic heterocycles. The van der Waals surface area contributed by atoms with Crippen molar-refractivity contribution in [2.75, 3.05) is 23.7 Å². The van der Waals surface area contributed by atoms with Gasteiger partial charge >= 0.3 is 18.2 Å². The highest BCUT2D eigenvalue weighted by Crippen LogP contribution is 2.21. The summed E-state index contributed by atoms with van der Waals surface area (Å²) in [7, 11) is 0. The van der Waals surface area contributed by atoms with Gasteiger partial charge in [0.15, 0.2) is 0 Å². The van der Waals surface area contributed by atoms with E-state index in [1.54, 1.807) is 36.4 Å². The Morgan fingerprint density at radius 1 is 0.478 bits per heavy atom. The maximum absolute atomic E-state index is 12.9. The molecule has 12 nitrogen and oxygen atoms in total. The maximum Gasteiger partial charge on any atom is 0.407 e. The molecule has 0 unspecified atom stereocenters. The van der Waals surface area contributed by atoms with Gasteiger partial charge < -0.3 is 35.5 Å². The third-order valence-corrected chi connectivity index (χ3v) is 6.16. The number of benzene rings is 4. The van der Waals surface area contributed by atoms with E-state index in [1.807, 2.05) is 54.6 Å². The summed E-state index contributed by atoms with van der Waals surface area (Å²) in [5.74, 6) is -1.95. The molecule has 0 aliphatic rings. The van der Waals surface area contributed by atoms with Crippen LogP contribution in [-0.2, 0) is 43.6 Å². The highest BCUT2D eigenvalue weighted by molar-refractivity contribution is 6.00. The SMILES string of the molecule is O=C(CNC(=O)OCc1ccccc1)Nc1cc(NC(=O)CNC(=O)OCc2ccccc2)cc(C(=O)OCc2ccccc2)c1. The van der Waals surface area contributed by atoms with Gasteiger partial charge in [-0.15, -0.1) is 0 Å². The number of esters is 1. The fourth-order valence-electron chi connectivity index (χ4n) is 3.96. The van der Waals surface area contributed by atoms with Crippen molar-refractivity contribution in [3.8, 4) is 0 Å². The number of carbonyl (C=O) groups excluding carboxylic acids is 5. The number of hydrogen-bond donors (Lipinski definition) is 4. The van der Waals surface area contributed by atoms with Gasteiger partial charge in [-0.05, 0) is 34.9 Å². The predicted molar refractivity (Wildman–Crippen MR) is 169 cm³/mol. The molecule has 0 saturated carbocycles. The number of alkyl carbamates (subject to hydrolysis) is 2. The molecule has 0 atom stereocenters. The molecule has 46 heavy (non-hydrogen) atoms. The first-order chi connectivity index (χ1) is 22.3. The number of amides is 4. The summed E-state index contributed by atoms with van der Waals surface area (Å²) in [5, 5.41) is 9.87. The van der Waals surface area contributed by atoms with Crippen LogP contribution in [-0.4, -0.2) is 43.1 Å². The highest BCUT2D eigenvalue weighted by Gasteiger charge is 2.15. The second kappa shape index (κ2) is 17.2. The first kappa shape index (κ1) is 32.7. The Balaban J connectivity index is 1.34. The van der Waals surface area contributed by atoms with Crippen LogP contribution < -0.4 is 21.3 Å². The van der Waals surface area contributed by atoms with Crippen molar-refractivity contribution >= 4 is 41.3 Å². The molecule has 0 bridgehead atoms. The summed E-state index contributed by atoms with van der Waals surface area (Å²) < 4.78 is 15.6. The fraction of sp³-hybridized carbons (Fsp3) is 0.147. The zero-order valence-electron chi connectivity index (χ0n) is 24.7. The molecule has 0 saturated heterocycles. The summed E-state index contributed by atoms with van der Waals surface area (Å²) >= 11 is 0. The van der Waals surface area contributed by atoms with Crippen molar-refractivity contribution in [3.63, 3.8) is 0 Å². The maximum atomic E-state index is 12.9. The second-order valence-electron chi connectivity index (χ2n) is 9.79. The van der Waals surface area contributed by atoms with Gasteiger partial charge in [-0.25, -0.2) is 14.4 Å². The molecule has 4 amide bonds. The Morgan fingerprint density at radius 3 is 1.24 bits per heavy atom. The first-order valence-electron chi connectivity index (χ1n) is 14.2. The number of rotatable bonds is 13. The van der Waals surface area contributed by atoms with E-state index in [2.05, 4.69) is 21.3 Å². The van der Waals surface area contributed by atoms with Crippen molar-refractivity contribution < 1.29 is 38.2 Å². The van der Waals surface area contributed by atoms with Gasteiger partial charge in [0.25, 0.3) is 0 Å². The van der Waals surface area contributed by atoms with Crippen LogP contribution >= 0.6 is 0 Å². The van der Waals surface area contributed by atoms with Crippen LogP contribution in [0.15, 0.2) is 109 Å². The highest BCUT2D eigenvalue weighted by atomic mass is 16.6. The van der Waals surface area contributed by atoms with Gasteiger partial charge in [0.05, 0.1) is 5.56 Å². The summed E-state index contributed by atoms with van der Waals surface area (Å²) in [6.07, 6.45) is -1.58. The minimum absolute atomic E-state index is 0.00196. The Labute approximate surface area is 265 Å². The van der Waals surface area contributed by atoms with Crippen LogP contribution in [0.4, 0.5) is 21.0 Å². The third kappa shape index (κ3) is 11.5. The van der Waals surface area contributed by atoms with Crippen LogP contribution in [0.2, 0.25) is 0 Å². The van der Waals surface area contributed by atoms with E-state index in [0.717, 1.165) is 16.7 Å². The monoisotopic (exact) mass is 624 g/mol. The van der Waals surface area contributed by atoms with E-state index in [9.17, 15) is 24.0 Å². The lowest BCUT2D eigenvalue weighted by Gasteiger charge is -2.13. The van der Waals surface area contributed by atoms with Crippen molar-refractivity contribution in [2.45, 2.75) is 19.8 Å². The molecule has 4 N–H and O–H groups in total. The molecule has 0 spiro atoms. The lowest BCUT2D eigenvalue weighted by Crippen LogP contribution is -2.33. The Morgan fingerprint density at radius 2 is 0.848 bits per heavy atom. The molecular weight excluding hydrogens is 592 g/mol.